The normalized spacial score (nSPS) is 13.3. The number of amides is 1. The number of fused-ring (bicyclic) bond motifs is 1. The highest BCUT2D eigenvalue weighted by Gasteiger charge is 2.35. The molecule has 0 radical (unpaired) electrons. The molecule has 3 rings (SSSR count). The predicted octanol–water partition coefficient (Wildman–Crippen LogP) is 4.50. The summed E-state index contributed by atoms with van der Waals surface area (Å²) in [6, 6.07) is 17.0. The number of hydrogen-bond donors (Lipinski definition) is 2. The Hall–Kier alpha value is -3.57. The molecule has 5 nitrogen and oxygen atoms in total. The van der Waals surface area contributed by atoms with E-state index in [1.165, 1.54) is 13.0 Å². The summed E-state index contributed by atoms with van der Waals surface area (Å²) in [5.74, 6) is -0.487. The molecular formula is C22H17F3N2O3. The predicted molar refractivity (Wildman–Crippen MR) is 105 cm³/mol. The number of nitriles is 1. The molecule has 1 amide bonds. The minimum absolute atomic E-state index is 0.197. The van der Waals surface area contributed by atoms with E-state index in [2.05, 4.69) is 5.32 Å². The summed E-state index contributed by atoms with van der Waals surface area (Å²) in [6.07, 6.45) is -4.76. The van der Waals surface area contributed by atoms with Crippen molar-refractivity contribution in [2.24, 2.45) is 0 Å². The third-order valence-electron chi connectivity index (χ3n) is 4.45. The number of nitrogens with one attached hydrogen (secondary N) is 1. The second-order valence-electron chi connectivity index (χ2n) is 6.86. The molecule has 0 unspecified atom stereocenters. The number of rotatable bonds is 5. The summed E-state index contributed by atoms with van der Waals surface area (Å²) < 4.78 is 44.9. The van der Waals surface area contributed by atoms with Crippen molar-refractivity contribution >= 4 is 22.4 Å². The first-order valence-corrected chi connectivity index (χ1v) is 8.87. The molecule has 0 aromatic heterocycles. The van der Waals surface area contributed by atoms with Crippen LogP contribution in [0.1, 0.15) is 18.1 Å². The van der Waals surface area contributed by atoms with Crippen LogP contribution in [0.2, 0.25) is 0 Å². The number of hydrogen-bond acceptors (Lipinski definition) is 4. The average molecular weight is 414 g/mol. The molecule has 3 aromatic carbocycles. The van der Waals surface area contributed by atoms with Gasteiger partial charge in [0.2, 0.25) is 0 Å². The standard InChI is InChI=1S/C22H17F3N2O3/c1-21(29,13-30-19-8-4-6-14-5-2-3-7-17(14)19)20(28)27-16-10-9-15(12-26)18(11-16)22(23,24)25/h2-11,29H,13H2,1H3,(H,27,28)/t21-/m0/s1. The van der Waals surface area contributed by atoms with E-state index in [1.807, 2.05) is 30.3 Å². The molecule has 30 heavy (non-hydrogen) atoms. The molecule has 0 saturated carbocycles. The Kier molecular flexibility index (Phi) is 5.67. The van der Waals surface area contributed by atoms with Crippen LogP contribution in [0.5, 0.6) is 5.75 Å². The third kappa shape index (κ3) is 4.53. The van der Waals surface area contributed by atoms with Gasteiger partial charge in [-0.05, 0) is 36.6 Å². The van der Waals surface area contributed by atoms with Crippen LogP contribution in [0.25, 0.3) is 10.8 Å². The monoisotopic (exact) mass is 414 g/mol. The smallest absolute Gasteiger partial charge is 0.417 e. The number of aliphatic hydroxyl groups is 1. The third-order valence-corrected chi connectivity index (χ3v) is 4.45. The van der Waals surface area contributed by atoms with Gasteiger partial charge in [-0.2, -0.15) is 18.4 Å². The number of nitrogens with zero attached hydrogens (tertiary/aromatic N) is 1. The highest BCUT2D eigenvalue weighted by Crippen LogP contribution is 2.33. The van der Waals surface area contributed by atoms with Crippen LogP contribution in [0.4, 0.5) is 18.9 Å². The number of ether oxygens (including phenoxy) is 1. The largest absolute Gasteiger partial charge is 0.489 e. The molecule has 2 N–H and O–H groups in total. The van der Waals surface area contributed by atoms with E-state index in [4.69, 9.17) is 10.00 Å². The fraction of sp³-hybridized carbons (Fsp3) is 0.182. The summed E-state index contributed by atoms with van der Waals surface area (Å²) in [6.45, 7) is 0.775. The van der Waals surface area contributed by atoms with E-state index in [-0.39, 0.29) is 5.69 Å². The lowest BCUT2D eigenvalue weighted by molar-refractivity contribution is -0.138. The topological polar surface area (TPSA) is 82.3 Å². The zero-order valence-electron chi connectivity index (χ0n) is 15.8. The van der Waals surface area contributed by atoms with E-state index in [1.54, 1.807) is 12.1 Å². The number of benzene rings is 3. The van der Waals surface area contributed by atoms with E-state index >= 15 is 0 Å². The first kappa shape index (κ1) is 21.1. The van der Waals surface area contributed by atoms with E-state index < -0.39 is 35.4 Å². The number of alkyl halides is 3. The van der Waals surface area contributed by atoms with Crippen LogP contribution in [-0.2, 0) is 11.0 Å². The SMILES string of the molecule is C[C@](O)(COc1cccc2ccccc12)C(=O)Nc1ccc(C#N)c(C(F)(F)F)c1. The molecule has 3 aromatic rings. The van der Waals surface area contributed by atoms with Gasteiger partial charge in [-0.3, -0.25) is 4.79 Å². The average Bonchev–Trinajstić information content (AvgIpc) is 2.71. The lowest BCUT2D eigenvalue weighted by Crippen LogP contribution is -2.45. The van der Waals surface area contributed by atoms with Crippen molar-refractivity contribution in [3.05, 3.63) is 71.8 Å². The fourth-order valence-corrected chi connectivity index (χ4v) is 2.83. The summed E-state index contributed by atoms with van der Waals surface area (Å²) in [5, 5.41) is 23.3. The van der Waals surface area contributed by atoms with Gasteiger partial charge in [-0.25, -0.2) is 0 Å². The van der Waals surface area contributed by atoms with Gasteiger partial charge >= 0.3 is 6.18 Å². The van der Waals surface area contributed by atoms with Crippen LogP contribution in [-0.4, -0.2) is 23.2 Å². The Bertz CT molecular complexity index is 1130. The van der Waals surface area contributed by atoms with Crippen LogP contribution >= 0.6 is 0 Å². The lowest BCUT2D eigenvalue weighted by Gasteiger charge is -2.23. The molecule has 0 aliphatic heterocycles. The van der Waals surface area contributed by atoms with Crippen molar-refractivity contribution in [2.75, 3.05) is 11.9 Å². The van der Waals surface area contributed by atoms with Gasteiger partial charge in [0, 0.05) is 11.1 Å². The molecule has 0 bridgehead atoms. The number of carbonyl (C=O) groups excluding carboxylic acids is 1. The Morgan fingerprint density at radius 3 is 2.53 bits per heavy atom. The Morgan fingerprint density at radius 1 is 1.13 bits per heavy atom. The highest BCUT2D eigenvalue weighted by molar-refractivity contribution is 5.97. The first-order valence-electron chi connectivity index (χ1n) is 8.87. The van der Waals surface area contributed by atoms with Crippen molar-refractivity contribution in [1.29, 1.82) is 5.26 Å². The summed E-state index contributed by atoms with van der Waals surface area (Å²) in [4.78, 5) is 12.4. The minimum Gasteiger partial charge on any atom is -0.489 e. The number of carbonyl (C=O) groups is 1. The van der Waals surface area contributed by atoms with Crippen molar-refractivity contribution < 1.29 is 27.8 Å². The van der Waals surface area contributed by atoms with Crippen molar-refractivity contribution in [2.45, 2.75) is 18.7 Å². The summed E-state index contributed by atoms with van der Waals surface area (Å²) in [5.41, 5.74) is -3.96. The molecule has 1 atom stereocenters. The molecule has 0 saturated heterocycles. The zero-order valence-corrected chi connectivity index (χ0v) is 15.8. The van der Waals surface area contributed by atoms with Crippen LogP contribution in [0.15, 0.2) is 60.7 Å². The molecule has 0 fully saturated rings. The van der Waals surface area contributed by atoms with Gasteiger partial charge in [0.15, 0.2) is 5.60 Å². The molecule has 0 heterocycles. The van der Waals surface area contributed by atoms with Crippen LogP contribution in [0.3, 0.4) is 0 Å². The van der Waals surface area contributed by atoms with Crippen molar-refractivity contribution in [3.63, 3.8) is 0 Å². The second kappa shape index (κ2) is 8.05. The van der Waals surface area contributed by atoms with E-state index in [0.717, 1.165) is 22.9 Å². The fourth-order valence-electron chi connectivity index (χ4n) is 2.83. The Morgan fingerprint density at radius 2 is 1.83 bits per heavy atom. The minimum atomic E-state index is -4.76. The molecule has 0 aliphatic rings. The maximum atomic E-state index is 13.1. The maximum Gasteiger partial charge on any atom is 0.417 e. The molecule has 154 valence electrons. The first-order chi connectivity index (χ1) is 14.1. The summed E-state index contributed by atoms with van der Waals surface area (Å²) in [7, 11) is 0. The van der Waals surface area contributed by atoms with Gasteiger partial charge in [0.1, 0.15) is 12.4 Å². The van der Waals surface area contributed by atoms with Gasteiger partial charge in [-0.15, -0.1) is 0 Å². The second-order valence-corrected chi connectivity index (χ2v) is 6.86. The summed E-state index contributed by atoms with van der Waals surface area (Å²) >= 11 is 0. The van der Waals surface area contributed by atoms with Crippen molar-refractivity contribution in [1.82, 2.24) is 0 Å². The maximum absolute atomic E-state index is 13.1. The van der Waals surface area contributed by atoms with Gasteiger partial charge in [-0.1, -0.05) is 36.4 Å². The number of anilines is 1. The van der Waals surface area contributed by atoms with Gasteiger partial charge < -0.3 is 15.2 Å². The quantitative estimate of drug-likeness (QED) is 0.644. The molecular weight excluding hydrogens is 397 g/mol. The zero-order chi connectivity index (χ0) is 21.9. The van der Waals surface area contributed by atoms with E-state index in [0.29, 0.717) is 11.8 Å². The van der Waals surface area contributed by atoms with Crippen molar-refractivity contribution in [3.8, 4) is 11.8 Å². The molecule has 0 aliphatic carbocycles. The number of halogens is 3. The van der Waals surface area contributed by atoms with Gasteiger partial charge in [0.25, 0.3) is 5.91 Å². The van der Waals surface area contributed by atoms with E-state index in [9.17, 15) is 23.1 Å². The lowest BCUT2D eigenvalue weighted by atomic mass is 10.0. The Balaban J connectivity index is 1.75. The van der Waals surface area contributed by atoms with Crippen LogP contribution in [0, 0.1) is 11.3 Å². The Labute approximate surface area is 170 Å². The highest BCUT2D eigenvalue weighted by atomic mass is 19.4. The molecule has 8 heteroatoms. The van der Waals surface area contributed by atoms with Gasteiger partial charge in [0.05, 0.1) is 17.2 Å². The molecule has 0 spiro atoms. The van der Waals surface area contributed by atoms with Crippen LogP contribution < -0.4 is 10.1 Å².